The van der Waals surface area contributed by atoms with E-state index in [0.29, 0.717) is 0 Å². The molecule has 0 spiro atoms. The molecule has 0 amide bonds. The Balaban J connectivity index is 1.65. The molecule has 3 heterocycles. The lowest BCUT2D eigenvalue weighted by atomic mass is 10.00. The number of likely N-dealkylation sites (tertiary alicyclic amines) is 1. The predicted molar refractivity (Wildman–Crippen MR) is 124 cm³/mol. The van der Waals surface area contributed by atoms with Crippen molar-refractivity contribution in [1.29, 1.82) is 0 Å². The zero-order valence-electron chi connectivity index (χ0n) is 17.0. The lowest BCUT2D eigenvalue weighted by molar-refractivity contribution is 0.159. The van der Waals surface area contributed by atoms with Crippen LogP contribution in [0.2, 0.25) is 0 Å². The largest absolute Gasteiger partial charge is 0.483 e. The first-order valence-electron chi connectivity index (χ1n) is 10.4. The number of fused-ring (bicyclic) bond motifs is 4. The summed E-state index contributed by atoms with van der Waals surface area (Å²) in [5, 5.41) is 5.12. The van der Waals surface area contributed by atoms with Gasteiger partial charge >= 0.3 is 0 Å². The Kier molecular flexibility index (Phi) is 4.60. The highest BCUT2D eigenvalue weighted by Gasteiger charge is 2.25. The van der Waals surface area contributed by atoms with Crippen LogP contribution in [0.15, 0.2) is 41.2 Å². The SMILES string of the molecule is CC1(C)C=Cc2c(cc(NCCN3CCCC3)c3c(=O)c4ccccc4sc23)O1. The first kappa shape index (κ1) is 18.6. The van der Waals surface area contributed by atoms with Gasteiger partial charge in [-0.3, -0.25) is 4.79 Å². The molecule has 1 saturated heterocycles. The third kappa shape index (κ3) is 3.43. The van der Waals surface area contributed by atoms with Crippen LogP contribution in [0.1, 0.15) is 32.3 Å². The molecule has 0 saturated carbocycles. The predicted octanol–water partition coefficient (Wildman–Crippen LogP) is 5.11. The molecule has 1 fully saturated rings. The molecule has 0 atom stereocenters. The second-order valence-corrected chi connectivity index (χ2v) is 9.53. The number of ether oxygens (including phenoxy) is 1. The molecular weight excluding hydrogens is 380 g/mol. The smallest absolute Gasteiger partial charge is 0.197 e. The Labute approximate surface area is 174 Å². The summed E-state index contributed by atoms with van der Waals surface area (Å²) in [5.74, 6) is 0.847. The summed E-state index contributed by atoms with van der Waals surface area (Å²) in [6.45, 7) is 8.28. The van der Waals surface area contributed by atoms with Crippen molar-refractivity contribution in [3.05, 3.63) is 52.2 Å². The van der Waals surface area contributed by atoms with E-state index in [1.165, 1.54) is 25.9 Å². The minimum absolute atomic E-state index is 0.0963. The molecule has 1 N–H and O–H groups in total. The number of rotatable bonds is 4. The van der Waals surface area contributed by atoms with Crippen LogP contribution in [0, 0.1) is 0 Å². The number of nitrogens with one attached hydrogen (secondary N) is 1. The zero-order valence-corrected chi connectivity index (χ0v) is 17.8. The summed E-state index contributed by atoms with van der Waals surface area (Å²) in [4.78, 5) is 15.9. The summed E-state index contributed by atoms with van der Waals surface area (Å²) >= 11 is 1.67. The van der Waals surface area contributed by atoms with E-state index in [9.17, 15) is 4.79 Å². The zero-order chi connectivity index (χ0) is 20.0. The molecule has 2 aliphatic heterocycles. The average Bonchev–Trinajstić information content (AvgIpc) is 3.20. The molecule has 0 aliphatic carbocycles. The van der Waals surface area contributed by atoms with Gasteiger partial charge in [0.05, 0.1) is 15.8 Å². The van der Waals surface area contributed by atoms with Crippen LogP contribution in [0.3, 0.4) is 0 Å². The molecule has 0 radical (unpaired) electrons. The fourth-order valence-corrected chi connectivity index (χ4v) is 5.53. The van der Waals surface area contributed by atoms with E-state index in [4.69, 9.17) is 4.74 Å². The van der Waals surface area contributed by atoms with E-state index >= 15 is 0 Å². The topological polar surface area (TPSA) is 41.6 Å². The van der Waals surface area contributed by atoms with Gasteiger partial charge in [0.25, 0.3) is 0 Å². The molecule has 2 aromatic carbocycles. The number of benzene rings is 2. The second kappa shape index (κ2) is 7.15. The van der Waals surface area contributed by atoms with Crippen molar-refractivity contribution in [3.8, 4) is 5.75 Å². The first-order chi connectivity index (χ1) is 14.0. The van der Waals surface area contributed by atoms with Crippen molar-refractivity contribution in [2.45, 2.75) is 32.3 Å². The maximum Gasteiger partial charge on any atom is 0.197 e. The Hall–Kier alpha value is -2.37. The van der Waals surface area contributed by atoms with E-state index in [-0.39, 0.29) is 11.0 Å². The second-order valence-electron chi connectivity index (χ2n) is 8.48. The number of hydrogen-bond acceptors (Lipinski definition) is 5. The van der Waals surface area contributed by atoms with E-state index in [1.54, 1.807) is 11.3 Å². The summed E-state index contributed by atoms with van der Waals surface area (Å²) in [7, 11) is 0. The Morgan fingerprint density at radius 2 is 2.00 bits per heavy atom. The molecule has 4 nitrogen and oxygen atoms in total. The molecular formula is C24H26N2O2S. The molecule has 5 heteroatoms. The highest BCUT2D eigenvalue weighted by molar-refractivity contribution is 7.24. The number of hydrogen-bond donors (Lipinski definition) is 1. The quantitative estimate of drug-likeness (QED) is 0.612. The minimum Gasteiger partial charge on any atom is -0.483 e. The van der Waals surface area contributed by atoms with Crippen LogP contribution in [-0.2, 0) is 0 Å². The fraction of sp³-hybridized carbons (Fsp3) is 0.375. The molecule has 2 aliphatic rings. The van der Waals surface area contributed by atoms with Crippen LogP contribution in [0.5, 0.6) is 5.75 Å². The molecule has 1 aromatic heterocycles. The van der Waals surface area contributed by atoms with Crippen LogP contribution < -0.4 is 15.5 Å². The third-order valence-electron chi connectivity index (χ3n) is 5.82. The maximum absolute atomic E-state index is 13.4. The summed E-state index contributed by atoms with van der Waals surface area (Å²) < 4.78 is 8.28. The van der Waals surface area contributed by atoms with Crippen molar-refractivity contribution < 1.29 is 4.74 Å². The van der Waals surface area contributed by atoms with Crippen LogP contribution in [-0.4, -0.2) is 36.7 Å². The fourth-order valence-electron chi connectivity index (χ4n) is 4.31. The van der Waals surface area contributed by atoms with E-state index in [2.05, 4.69) is 36.2 Å². The van der Waals surface area contributed by atoms with Crippen molar-refractivity contribution in [1.82, 2.24) is 4.90 Å². The first-order valence-corrected chi connectivity index (χ1v) is 11.2. The van der Waals surface area contributed by atoms with Gasteiger partial charge in [0.15, 0.2) is 5.43 Å². The lowest BCUT2D eigenvalue weighted by Crippen LogP contribution is -2.28. The monoisotopic (exact) mass is 406 g/mol. The van der Waals surface area contributed by atoms with Crippen molar-refractivity contribution in [3.63, 3.8) is 0 Å². The van der Waals surface area contributed by atoms with Crippen molar-refractivity contribution in [2.24, 2.45) is 0 Å². The van der Waals surface area contributed by atoms with Gasteiger partial charge in [0.2, 0.25) is 0 Å². The van der Waals surface area contributed by atoms with E-state index < -0.39 is 0 Å². The number of nitrogens with zero attached hydrogens (tertiary/aromatic N) is 1. The van der Waals surface area contributed by atoms with Gasteiger partial charge in [-0.15, -0.1) is 11.3 Å². The van der Waals surface area contributed by atoms with Gasteiger partial charge in [-0.1, -0.05) is 12.1 Å². The Bertz CT molecular complexity index is 1170. The van der Waals surface area contributed by atoms with Gasteiger partial charge in [0.1, 0.15) is 11.4 Å². The lowest BCUT2D eigenvalue weighted by Gasteiger charge is -2.29. The van der Waals surface area contributed by atoms with E-state index in [0.717, 1.165) is 50.3 Å². The number of anilines is 1. The Morgan fingerprint density at radius 3 is 2.83 bits per heavy atom. The summed E-state index contributed by atoms with van der Waals surface area (Å²) in [6, 6.07) is 9.90. The average molecular weight is 407 g/mol. The van der Waals surface area contributed by atoms with Crippen molar-refractivity contribution in [2.75, 3.05) is 31.5 Å². The van der Waals surface area contributed by atoms with Gasteiger partial charge in [-0.2, -0.15) is 0 Å². The minimum atomic E-state index is -0.352. The third-order valence-corrected chi connectivity index (χ3v) is 7.02. The molecule has 29 heavy (non-hydrogen) atoms. The maximum atomic E-state index is 13.4. The summed E-state index contributed by atoms with van der Waals surface area (Å²) in [6.07, 6.45) is 6.76. The summed E-state index contributed by atoms with van der Waals surface area (Å²) in [5.41, 5.74) is 1.64. The molecule has 3 aromatic rings. The van der Waals surface area contributed by atoms with Gasteiger partial charge in [-0.25, -0.2) is 0 Å². The molecule has 5 rings (SSSR count). The normalized spacial score (nSPS) is 18.1. The Morgan fingerprint density at radius 1 is 1.21 bits per heavy atom. The van der Waals surface area contributed by atoms with Gasteiger partial charge in [0, 0.05) is 34.8 Å². The van der Waals surface area contributed by atoms with Crippen LogP contribution in [0.4, 0.5) is 5.69 Å². The highest BCUT2D eigenvalue weighted by atomic mass is 32.1. The van der Waals surface area contributed by atoms with Gasteiger partial charge < -0.3 is 15.0 Å². The molecule has 0 bridgehead atoms. The van der Waals surface area contributed by atoms with E-state index in [1.807, 2.05) is 30.3 Å². The van der Waals surface area contributed by atoms with Crippen LogP contribution in [0.25, 0.3) is 26.2 Å². The van der Waals surface area contributed by atoms with Crippen molar-refractivity contribution >= 4 is 43.3 Å². The van der Waals surface area contributed by atoms with Gasteiger partial charge in [-0.05, 0) is 64.1 Å². The standard InChI is InChI=1S/C24H26N2O2S/c1-24(2)10-9-16-19(28-24)15-18(25-11-14-26-12-5-6-13-26)21-22(27)17-7-3-4-8-20(17)29-23(16)21/h3-4,7-10,15,25H,5-6,11-14H2,1-2H3. The molecule has 150 valence electrons. The highest BCUT2D eigenvalue weighted by Crippen LogP contribution is 2.42. The molecule has 0 unspecified atom stereocenters. The van der Waals surface area contributed by atoms with Crippen LogP contribution >= 0.6 is 11.3 Å².